The van der Waals surface area contributed by atoms with Gasteiger partial charge in [0.15, 0.2) is 5.76 Å². The van der Waals surface area contributed by atoms with Crippen LogP contribution in [0.3, 0.4) is 0 Å². The summed E-state index contributed by atoms with van der Waals surface area (Å²) in [6.07, 6.45) is 1.52. The van der Waals surface area contributed by atoms with Crippen molar-refractivity contribution < 1.29 is 9.21 Å². The van der Waals surface area contributed by atoms with Gasteiger partial charge in [0.1, 0.15) is 0 Å². The maximum Gasteiger partial charge on any atom is 0.290 e. The first-order valence-corrected chi connectivity index (χ1v) is 10.6. The van der Waals surface area contributed by atoms with E-state index in [4.69, 9.17) is 9.40 Å². The van der Waals surface area contributed by atoms with Gasteiger partial charge in [-0.15, -0.1) is 0 Å². The molecule has 5 aromatic rings. The Morgan fingerprint density at radius 1 is 0.719 bits per heavy atom. The molecular formula is C28H22N2O2. The van der Waals surface area contributed by atoms with Gasteiger partial charge >= 0.3 is 0 Å². The lowest BCUT2D eigenvalue weighted by molar-refractivity contribution is 0.0695. The smallest absolute Gasteiger partial charge is 0.290 e. The first kappa shape index (κ1) is 19.8. The molecule has 4 heteroatoms. The molecule has 0 N–H and O–H groups in total. The highest BCUT2D eigenvalue weighted by Crippen LogP contribution is 2.21. The minimum atomic E-state index is -0.155. The molecule has 32 heavy (non-hydrogen) atoms. The monoisotopic (exact) mass is 418 g/mol. The molecule has 0 radical (unpaired) electrons. The topological polar surface area (TPSA) is 46.3 Å². The van der Waals surface area contributed by atoms with E-state index in [0.29, 0.717) is 18.8 Å². The van der Waals surface area contributed by atoms with Crippen LogP contribution in [0, 0.1) is 0 Å². The summed E-state index contributed by atoms with van der Waals surface area (Å²) in [5, 5.41) is 1.08. The quantitative estimate of drug-likeness (QED) is 0.323. The molecule has 0 aliphatic rings. The number of fused-ring (bicyclic) bond motifs is 1. The Balaban J connectivity index is 1.41. The number of benzene rings is 3. The zero-order valence-corrected chi connectivity index (χ0v) is 17.5. The third-order valence-corrected chi connectivity index (χ3v) is 5.46. The van der Waals surface area contributed by atoms with Crippen LogP contribution in [0.25, 0.3) is 22.0 Å². The molecule has 0 fully saturated rings. The Kier molecular flexibility index (Phi) is 5.50. The fraction of sp³-hybridized carbons (Fsp3) is 0.0714. The molecule has 4 nitrogen and oxygen atoms in total. The fourth-order valence-corrected chi connectivity index (χ4v) is 3.80. The van der Waals surface area contributed by atoms with Crippen molar-refractivity contribution in [3.05, 3.63) is 126 Å². The molecule has 0 atom stereocenters. The molecular weight excluding hydrogens is 396 g/mol. The van der Waals surface area contributed by atoms with Crippen molar-refractivity contribution >= 4 is 16.8 Å². The first-order valence-electron chi connectivity index (χ1n) is 10.6. The lowest BCUT2D eigenvalue weighted by Crippen LogP contribution is -2.30. The van der Waals surface area contributed by atoms with E-state index in [1.54, 1.807) is 17.0 Å². The number of pyridine rings is 1. The van der Waals surface area contributed by atoms with Gasteiger partial charge in [0.2, 0.25) is 0 Å². The summed E-state index contributed by atoms with van der Waals surface area (Å²) in [7, 11) is 0. The van der Waals surface area contributed by atoms with Gasteiger partial charge < -0.3 is 9.32 Å². The van der Waals surface area contributed by atoms with Gasteiger partial charge in [-0.3, -0.25) is 9.78 Å². The molecule has 0 aliphatic heterocycles. The summed E-state index contributed by atoms with van der Waals surface area (Å²) in [5.41, 5.74) is 5.12. The van der Waals surface area contributed by atoms with E-state index >= 15 is 0 Å². The van der Waals surface area contributed by atoms with Crippen molar-refractivity contribution in [1.82, 2.24) is 9.88 Å². The summed E-state index contributed by atoms with van der Waals surface area (Å²) < 4.78 is 5.39. The molecule has 1 amide bonds. The van der Waals surface area contributed by atoms with Crippen LogP contribution in [-0.4, -0.2) is 15.8 Å². The number of aromatic nitrogens is 1. The van der Waals surface area contributed by atoms with Gasteiger partial charge in [-0.1, -0.05) is 78.9 Å². The number of hydrogen-bond donors (Lipinski definition) is 0. The number of rotatable bonds is 6. The molecule has 5 rings (SSSR count). The Morgan fingerprint density at radius 2 is 1.47 bits per heavy atom. The number of nitrogens with zero attached hydrogens (tertiary/aromatic N) is 2. The zero-order chi connectivity index (χ0) is 21.8. The third kappa shape index (κ3) is 4.30. The highest BCUT2D eigenvalue weighted by molar-refractivity contribution is 5.91. The largest absolute Gasteiger partial charge is 0.459 e. The van der Waals surface area contributed by atoms with Crippen LogP contribution in [0.5, 0.6) is 0 Å². The molecule has 3 aromatic carbocycles. The van der Waals surface area contributed by atoms with Crippen molar-refractivity contribution in [2.75, 3.05) is 0 Å². The summed E-state index contributed by atoms with van der Waals surface area (Å²) in [6.45, 7) is 0.855. The second-order valence-corrected chi connectivity index (χ2v) is 7.70. The van der Waals surface area contributed by atoms with Crippen molar-refractivity contribution in [1.29, 1.82) is 0 Å². The van der Waals surface area contributed by atoms with E-state index in [0.717, 1.165) is 27.7 Å². The predicted octanol–water partition coefficient (Wildman–Crippen LogP) is 6.34. The molecule has 0 saturated carbocycles. The SMILES string of the molecule is O=C(c1ccco1)N(Cc1ccc(-c2ccccc2)cc1)Cc1ccc2ccccc2n1. The number of furan rings is 1. The second-order valence-electron chi connectivity index (χ2n) is 7.70. The molecule has 0 spiro atoms. The van der Waals surface area contributed by atoms with Crippen LogP contribution in [0.15, 0.2) is 114 Å². The number of carbonyl (C=O) groups excluding carboxylic acids is 1. The fourth-order valence-electron chi connectivity index (χ4n) is 3.80. The maximum absolute atomic E-state index is 13.2. The van der Waals surface area contributed by atoms with Gasteiger partial charge in [0, 0.05) is 11.9 Å². The van der Waals surface area contributed by atoms with E-state index in [9.17, 15) is 4.79 Å². The van der Waals surface area contributed by atoms with Gasteiger partial charge in [0.25, 0.3) is 5.91 Å². The van der Waals surface area contributed by atoms with Gasteiger partial charge in [0.05, 0.1) is 24.0 Å². The van der Waals surface area contributed by atoms with E-state index < -0.39 is 0 Å². The third-order valence-electron chi connectivity index (χ3n) is 5.46. The van der Waals surface area contributed by atoms with Crippen LogP contribution in [0.4, 0.5) is 0 Å². The van der Waals surface area contributed by atoms with Crippen LogP contribution in [0.2, 0.25) is 0 Å². The lowest BCUT2D eigenvalue weighted by Gasteiger charge is -2.22. The number of hydrogen-bond acceptors (Lipinski definition) is 3. The lowest BCUT2D eigenvalue weighted by atomic mass is 10.0. The summed E-state index contributed by atoms with van der Waals surface area (Å²) in [4.78, 5) is 19.7. The maximum atomic E-state index is 13.2. The molecule has 0 aliphatic carbocycles. The molecule has 156 valence electrons. The minimum absolute atomic E-state index is 0.155. The minimum Gasteiger partial charge on any atom is -0.459 e. The predicted molar refractivity (Wildman–Crippen MR) is 126 cm³/mol. The van der Waals surface area contributed by atoms with Crippen molar-refractivity contribution in [2.24, 2.45) is 0 Å². The van der Waals surface area contributed by atoms with Gasteiger partial charge in [-0.2, -0.15) is 0 Å². The Labute approximate surface area is 186 Å². The standard InChI is InChI=1S/C28H22N2O2/c31-28(27-11-6-18-32-27)30(20-25-17-16-24-9-4-5-10-26(24)29-25)19-21-12-14-23(15-13-21)22-7-2-1-3-8-22/h1-18H,19-20H2. The second kappa shape index (κ2) is 8.90. The van der Waals surface area contributed by atoms with Crippen LogP contribution >= 0.6 is 0 Å². The number of carbonyl (C=O) groups is 1. The van der Waals surface area contributed by atoms with E-state index in [-0.39, 0.29) is 5.91 Å². The van der Waals surface area contributed by atoms with Crippen molar-refractivity contribution in [2.45, 2.75) is 13.1 Å². The molecule has 0 saturated heterocycles. The Hall–Kier alpha value is -4.18. The Morgan fingerprint density at radius 3 is 2.25 bits per heavy atom. The van der Waals surface area contributed by atoms with Crippen LogP contribution in [0.1, 0.15) is 21.8 Å². The zero-order valence-electron chi connectivity index (χ0n) is 17.5. The highest BCUT2D eigenvalue weighted by atomic mass is 16.3. The highest BCUT2D eigenvalue weighted by Gasteiger charge is 2.20. The first-order chi connectivity index (χ1) is 15.8. The molecule has 0 unspecified atom stereocenters. The van der Waals surface area contributed by atoms with Gasteiger partial charge in [-0.05, 0) is 41.0 Å². The van der Waals surface area contributed by atoms with E-state index in [2.05, 4.69) is 36.4 Å². The molecule has 2 heterocycles. The molecule has 0 bridgehead atoms. The number of para-hydroxylation sites is 1. The van der Waals surface area contributed by atoms with Gasteiger partial charge in [-0.25, -0.2) is 0 Å². The van der Waals surface area contributed by atoms with E-state index in [1.807, 2.05) is 54.6 Å². The average molecular weight is 418 g/mol. The van der Waals surface area contributed by atoms with Crippen molar-refractivity contribution in [3.8, 4) is 11.1 Å². The van der Waals surface area contributed by atoms with Crippen LogP contribution < -0.4 is 0 Å². The van der Waals surface area contributed by atoms with Crippen LogP contribution in [-0.2, 0) is 13.1 Å². The normalized spacial score (nSPS) is 10.9. The number of amides is 1. The summed E-state index contributed by atoms with van der Waals surface area (Å²) in [6, 6.07) is 34.0. The summed E-state index contributed by atoms with van der Waals surface area (Å²) in [5.74, 6) is 0.170. The molecule has 2 aromatic heterocycles. The summed E-state index contributed by atoms with van der Waals surface area (Å²) >= 11 is 0. The van der Waals surface area contributed by atoms with E-state index in [1.165, 1.54) is 11.8 Å². The average Bonchev–Trinajstić information content (AvgIpc) is 3.39. The van der Waals surface area contributed by atoms with Crippen molar-refractivity contribution in [3.63, 3.8) is 0 Å². The Bertz CT molecular complexity index is 1330.